The highest BCUT2D eigenvalue weighted by atomic mass is 35.5. The monoisotopic (exact) mass is 379 g/mol. The second-order valence-electron chi connectivity index (χ2n) is 6.53. The number of hydrogen-bond acceptors (Lipinski definition) is 4. The minimum absolute atomic E-state index is 0. The van der Waals surface area contributed by atoms with Crippen molar-refractivity contribution in [3.8, 4) is 5.75 Å². The zero-order valence-electron chi connectivity index (χ0n) is 15.2. The van der Waals surface area contributed by atoms with Crippen LogP contribution >= 0.6 is 12.4 Å². The van der Waals surface area contributed by atoms with E-state index in [1.807, 2.05) is 24.4 Å². The summed E-state index contributed by atoms with van der Waals surface area (Å²) in [5.74, 6) is -0.0148. The highest BCUT2D eigenvalue weighted by molar-refractivity contribution is 5.85. The standard InChI is InChI=1S/C20H26FN3O.ClH/c1-25-20-8-7-16(13-19(20)21)14-24(15-17-5-2-3-11-23-17)18-6-4-10-22-12-9-18;/h2-3,5,7-8,11,13,18,22H,4,6,9-10,12,14-15H2,1H3;1H. The summed E-state index contributed by atoms with van der Waals surface area (Å²) in [4.78, 5) is 6.90. The predicted octanol–water partition coefficient (Wildman–Crippen LogP) is 3.80. The van der Waals surface area contributed by atoms with Gasteiger partial charge in [-0.25, -0.2) is 4.39 Å². The van der Waals surface area contributed by atoms with Gasteiger partial charge in [0.25, 0.3) is 0 Å². The van der Waals surface area contributed by atoms with Gasteiger partial charge in [-0.15, -0.1) is 12.4 Å². The molecule has 1 aliphatic heterocycles. The first-order valence-corrected chi connectivity index (χ1v) is 8.93. The normalized spacial score (nSPS) is 17.4. The van der Waals surface area contributed by atoms with Crippen LogP contribution in [0.5, 0.6) is 5.75 Å². The molecule has 1 N–H and O–H groups in total. The SMILES string of the molecule is COc1ccc(CN(Cc2ccccn2)C2CCCNCC2)cc1F.Cl. The summed E-state index contributed by atoms with van der Waals surface area (Å²) < 4.78 is 19.1. The van der Waals surface area contributed by atoms with Gasteiger partial charge in [-0.05, 0) is 62.2 Å². The van der Waals surface area contributed by atoms with Crippen LogP contribution < -0.4 is 10.1 Å². The third-order valence-electron chi connectivity index (χ3n) is 4.75. The molecule has 1 unspecified atom stereocenters. The van der Waals surface area contributed by atoms with E-state index in [0.29, 0.717) is 18.3 Å². The third kappa shape index (κ3) is 5.66. The summed E-state index contributed by atoms with van der Waals surface area (Å²) in [6, 6.07) is 11.7. The first kappa shape index (κ1) is 20.6. The molecule has 0 amide bonds. The Bertz CT molecular complexity index is 663. The van der Waals surface area contributed by atoms with Crippen molar-refractivity contribution < 1.29 is 9.13 Å². The Hall–Kier alpha value is -1.69. The number of benzene rings is 1. The average Bonchev–Trinajstić information content (AvgIpc) is 2.92. The van der Waals surface area contributed by atoms with Gasteiger partial charge in [-0.2, -0.15) is 0 Å². The smallest absolute Gasteiger partial charge is 0.165 e. The quantitative estimate of drug-likeness (QED) is 0.828. The lowest BCUT2D eigenvalue weighted by atomic mass is 10.1. The maximum absolute atomic E-state index is 14.1. The van der Waals surface area contributed by atoms with Crippen molar-refractivity contribution in [3.63, 3.8) is 0 Å². The van der Waals surface area contributed by atoms with Crippen molar-refractivity contribution in [2.75, 3.05) is 20.2 Å². The Morgan fingerprint density at radius 1 is 1.19 bits per heavy atom. The fourth-order valence-corrected chi connectivity index (χ4v) is 3.42. The lowest BCUT2D eigenvalue weighted by Gasteiger charge is -2.31. The van der Waals surface area contributed by atoms with Crippen molar-refractivity contribution in [2.24, 2.45) is 0 Å². The Morgan fingerprint density at radius 3 is 2.81 bits per heavy atom. The zero-order chi connectivity index (χ0) is 17.5. The fourth-order valence-electron chi connectivity index (χ4n) is 3.42. The van der Waals surface area contributed by atoms with Gasteiger partial charge in [0.05, 0.1) is 12.8 Å². The molecule has 1 aromatic heterocycles. The zero-order valence-corrected chi connectivity index (χ0v) is 16.0. The summed E-state index contributed by atoms with van der Waals surface area (Å²) in [6.07, 6.45) is 5.25. The maximum Gasteiger partial charge on any atom is 0.165 e. The van der Waals surface area contributed by atoms with E-state index in [1.165, 1.54) is 13.5 Å². The van der Waals surface area contributed by atoms with Crippen LogP contribution in [0.25, 0.3) is 0 Å². The maximum atomic E-state index is 14.1. The molecule has 6 heteroatoms. The number of methoxy groups -OCH3 is 1. The molecule has 1 saturated heterocycles. The van der Waals surface area contributed by atoms with E-state index in [0.717, 1.165) is 43.7 Å². The van der Waals surface area contributed by atoms with Gasteiger partial charge in [-0.3, -0.25) is 9.88 Å². The van der Waals surface area contributed by atoms with Crippen molar-refractivity contribution >= 4 is 12.4 Å². The van der Waals surface area contributed by atoms with E-state index in [2.05, 4.69) is 21.3 Å². The van der Waals surface area contributed by atoms with Gasteiger partial charge in [0.1, 0.15) is 0 Å². The number of halogens is 2. The number of aromatic nitrogens is 1. The third-order valence-corrected chi connectivity index (χ3v) is 4.75. The molecule has 142 valence electrons. The molecule has 0 aliphatic carbocycles. The average molecular weight is 380 g/mol. The number of ether oxygens (including phenoxy) is 1. The van der Waals surface area contributed by atoms with Crippen LogP contribution in [0.1, 0.15) is 30.5 Å². The van der Waals surface area contributed by atoms with Gasteiger partial charge in [0.15, 0.2) is 11.6 Å². The van der Waals surface area contributed by atoms with Crippen molar-refractivity contribution in [1.29, 1.82) is 0 Å². The van der Waals surface area contributed by atoms with Crippen LogP contribution in [-0.2, 0) is 13.1 Å². The Kier molecular flexibility index (Phi) is 8.29. The van der Waals surface area contributed by atoms with Gasteiger partial charge in [-0.1, -0.05) is 12.1 Å². The molecule has 0 saturated carbocycles. The van der Waals surface area contributed by atoms with Gasteiger partial charge in [0.2, 0.25) is 0 Å². The largest absolute Gasteiger partial charge is 0.494 e. The second kappa shape index (κ2) is 10.5. The van der Waals surface area contributed by atoms with Gasteiger partial charge in [0, 0.05) is 25.3 Å². The highest BCUT2D eigenvalue weighted by Crippen LogP contribution is 2.22. The molecule has 0 spiro atoms. The molecule has 2 heterocycles. The Morgan fingerprint density at radius 2 is 2.08 bits per heavy atom. The summed E-state index contributed by atoms with van der Waals surface area (Å²) in [5, 5.41) is 3.47. The first-order chi connectivity index (χ1) is 12.3. The van der Waals surface area contributed by atoms with Crippen LogP contribution in [0, 0.1) is 5.82 Å². The van der Waals surface area contributed by atoms with E-state index in [9.17, 15) is 4.39 Å². The Labute approximate surface area is 161 Å². The first-order valence-electron chi connectivity index (χ1n) is 8.93. The van der Waals surface area contributed by atoms with Crippen LogP contribution in [0.15, 0.2) is 42.6 Å². The number of nitrogens with zero attached hydrogens (tertiary/aromatic N) is 2. The lowest BCUT2D eigenvalue weighted by Crippen LogP contribution is -2.35. The van der Waals surface area contributed by atoms with Crippen LogP contribution in [0.4, 0.5) is 4.39 Å². The molecular formula is C20H27ClFN3O. The molecular weight excluding hydrogens is 353 g/mol. The molecule has 1 aliphatic rings. The van der Waals surface area contributed by atoms with Crippen LogP contribution in [0.2, 0.25) is 0 Å². The highest BCUT2D eigenvalue weighted by Gasteiger charge is 2.21. The molecule has 1 fully saturated rings. The minimum Gasteiger partial charge on any atom is -0.494 e. The van der Waals surface area contributed by atoms with Gasteiger partial charge >= 0.3 is 0 Å². The van der Waals surface area contributed by atoms with E-state index in [-0.39, 0.29) is 18.2 Å². The second-order valence-corrected chi connectivity index (χ2v) is 6.53. The van der Waals surface area contributed by atoms with Crippen molar-refractivity contribution in [1.82, 2.24) is 15.2 Å². The molecule has 3 rings (SSSR count). The number of hydrogen-bond donors (Lipinski definition) is 1. The van der Waals surface area contributed by atoms with Crippen molar-refractivity contribution in [3.05, 3.63) is 59.7 Å². The summed E-state index contributed by atoms with van der Waals surface area (Å²) in [7, 11) is 1.49. The van der Waals surface area contributed by atoms with Gasteiger partial charge < -0.3 is 10.1 Å². The molecule has 1 aromatic carbocycles. The number of nitrogens with one attached hydrogen (secondary N) is 1. The lowest BCUT2D eigenvalue weighted by molar-refractivity contribution is 0.162. The fraction of sp³-hybridized carbons (Fsp3) is 0.450. The van der Waals surface area contributed by atoms with E-state index in [1.54, 1.807) is 12.1 Å². The molecule has 2 aromatic rings. The molecule has 4 nitrogen and oxygen atoms in total. The summed E-state index contributed by atoms with van der Waals surface area (Å²) in [5.41, 5.74) is 2.01. The van der Waals surface area contributed by atoms with Crippen LogP contribution in [0.3, 0.4) is 0 Å². The van der Waals surface area contributed by atoms with Crippen LogP contribution in [-0.4, -0.2) is 36.1 Å². The topological polar surface area (TPSA) is 37.4 Å². The summed E-state index contributed by atoms with van der Waals surface area (Å²) in [6.45, 7) is 3.59. The van der Waals surface area contributed by atoms with E-state index < -0.39 is 0 Å². The van der Waals surface area contributed by atoms with Crippen molar-refractivity contribution in [2.45, 2.75) is 38.4 Å². The minimum atomic E-state index is -0.305. The number of rotatable bonds is 6. The molecule has 26 heavy (non-hydrogen) atoms. The predicted molar refractivity (Wildman–Crippen MR) is 104 cm³/mol. The molecule has 0 radical (unpaired) electrons. The Balaban J connectivity index is 0.00000243. The summed E-state index contributed by atoms with van der Waals surface area (Å²) >= 11 is 0. The molecule has 0 bridgehead atoms. The number of pyridine rings is 1. The van der Waals surface area contributed by atoms with E-state index >= 15 is 0 Å². The molecule has 1 atom stereocenters. The van der Waals surface area contributed by atoms with E-state index in [4.69, 9.17) is 4.74 Å².